The van der Waals surface area contributed by atoms with Crippen LogP contribution >= 0.6 is 11.8 Å². The highest BCUT2D eigenvalue weighted by Crippen LogP contribution is 2.45. The molecule has 1 aliphatic rings. The molecule has 20 heavy (non-hydrogen) atoms. The maximum absolute atomic E-state index is 14.1. The van der Waals surface area contributed by atoms with Crippen molar-refractivity contribution in [2.24, 2.45) is 0 Å². The molecule has 2 nitrogen and oxygen atoms in total. The van der Waals surface area contributed by atoms with Crippen LogP contribution < -0.4 is 5.32 Å². The third-order valence-corrected chi connectivity index (χ3v) is 4.91. The van der Waals surface area contributed by atoms with E-state index in [1.807, 2.05) is 11.8 Å². The summed E-state index contributed by atoms with van der Waals surface area (Å²) in [4.78, 5) is 5.17. The lowest BCUT2D eigenvalue weighted by atomic mass is 9.88. The minimum atomic E-state index is -0.229. The Hall–Kier alpha value is -1.39. The van der Waals surface area contributed by atoms with Gasteiger partial charge in [-0.05, 0) is 24.2 Å². The maximum atomic E-state index is 14.1. The topological polar surface area (TPSA) is 24.9 Å². The molecule has 0 bridgehead atoms. The smallest absolute Gasteiger partial charge is 0.146 e. The highest BCUT2D eigenvalue weighted by molar-refractivity contribution is 7.99. The zero-order chi connectivity index (χ0) is 13.9. The molecule has 0 spiro atoms. The van der Waals surface area contributed by atoms with Gasteiger partial charge in [0, 0.05) is 34.4 Å². The Labute approximate surface area is 122 Å². The number of thioether (sulfide) groups is 1. The van der Waals surface area contributed by atoms with Crippen LogP contribution in [0.25, 0.3) is 0 Å². The lowest BCUT2D eigenvalue weighted by Crippen LogP contribution is -2.28. The first-order valence-electron chi connectivity index (χ1n) is 6.85. The van der Waals surface area contributed by atoms with Crippen molar-refractivity contribution >= 4 is 11.8 Å². The summed E-state index contributed by atoms with van der Waals surface area (Å²) in [5.41, 5.74) is 2.03. The number of hydrogen-bond acceptors (Lipinski definition) is 3. The number of likely N-dealkylation sites (N-methyl/N-ethyl adjacent to an activating group) is 1. The first kappa shape index (κ1) is 13.6. The van der Waals surface area contributed by atoms with Crippen LogP contribution in [0.1, 0.15) is 30.0 Å². The Morgan fingerprint density at radius 2 is 2.25 bits per heavy atom. The second-order valence-electron chi connectivity index (χ2n) is 4.89. The van der Waals surface area contributed by atoms with Crippen LogP contribution in [0, 0.1) is 5.82 Å². The van der Waals surface area contributed by atoms with Gasteiger partial charge in [0.25, 0.3) is 0 Å². The van der Waals surface area contributed by atoms with Crippen molar-refractivity contribution in [3.05, 3.63) is 59.7 Å². The fourth-order valence-electron chi connectivity index (χ4n) is 2.79. The second kappa shape index (κ2) is 5.94. The van der Waals surface area contributed by atoms with Crippen LogP contribution in [-0.2, 0) is 0 Å². The summed E-state index contributed by atoms with van der Waals surface area (Å²) in [6.07, 6.45) is 2.96. The van der Waals surface area contributed by atoms with Gasteiger partial charge in [-0.25, -0.2) is 4.39 Å². The molecule has 104 valence electrons. The zero-order valence-electron chi connectivity index (χ0n) is 11.3. The molecular formula is C16H17FN2S. The average molecular weight is 288 g/mol. The van der Waals surface area contributed by atoms with Gasteiger partial charge in [0.15, 0.2) is 0 Å². The molecule has 1 N–H and O–H groups in total. The largest absolute Gasteiger partial charge is 0.310 e. The van der Waals surface area contributed by atoms with E-state index in [2.05, 4.69) is 41.5 Å². The zero-order valence-corrected chi connectivity index (χ0v) is 12.2. The van der Waals surface area contributed by atoms with E-state index in [0.717, 1.165) is 12.3 Å². The van der Waals surface area contributed by atoms with Gasteiger partial charge in [-0.3, -0.25) is 4.98 Å². The summed E-state index contributed by atoms with van der Waals surface area (Å²) in [5.74, 6) is 1.06. The first-order chi connectivity index (χ1) is 9.81. The van der Waals surface area contributed by atoms with Crippen molar-refractivity contribution < 1.29 is 4.39 Å². The molecule has 0 saturated heterocycles. The molecule has 0 saturated carbocycles. The Kier molecular flexibility index (Phi) is 4.03. The number of hydrogen-bond donors (Lipinski definition) is 1. The summed E-state index contributed by atoms with van der Waals surface area (Å²) in [5, 5.41) is 3.44. The fraction of sp³-hybridized carbons (Fsp3) is 0.312. The number of pyridine rings is 1. The number of benzene rings is 1. The van der Waals surface area contributed by atoms with E-state index >= 15 is 0 Å². The summed E-state index contributed by atoms with van der Waals surface area (Å²) in [6.45, 7) is 2.87. The molecule has 1 aromatic carbocycles. The van der Waals surface area contributed by atoms with Gasteiger partial charge < -0.3 is 5.32 Å². The molecule has 0 radical (unpaired) electrons. The number of halogens is 1. The standard InChI is InChI=1S/C16H17FN2S/c1-2-19-16(12-7-8-18-9-14(12)17)13-10-20-15-6-4-3-5-11(13)15/h3-9,13,16,19H,2,10H2,1H3. The molecule has 0 amide bonds. The second-order valence-corrected chi connectivity index (χ2v) is 5.95. The monoisotopic (exact) mass is 288 g/mol. The van der Waals surface area contributed by atoms with Gasteiger partial charge in [-0.1, -0.05) is 25.1 Å². The summed E-state index contributed by atoms with van der Waals surface area (Å²) in [6, 6.07) is 10.2. The van der Waals surface area contributed by atoms with E-state index in [-0.39, 0.29) is 11.9 Å². The summed E-state index contributed by atoms with van der Waals surface area (Å²) < 4.78 is 14.1. The Morgan fingerprint density at radius 1 is 1.40 bits per heavy atom. The third kappa shape index (κ3) is 2.45. The SMILES string of the molecule is CCNC(c1ccncc1F)C1CSc2ccccc21. The predicted molar refractivity (Wildman–Crippen MR) is 80.5 cm³/mol. The van der Waals surface area contributed by atoms with E-state index in [9.17, 15) is 4.39 Å². The summed E-state index contributed by atoms with van der Waals surface area (Å²) >= 11 is 1.85. The number of nitrogens with zero attached hydrogens (tertiary/aromatic N) is 1. The van der Waals surface area contributed by atoms with Crippen molar-refractivity contribution in [1.29, 1.82) is 0 Å². The molecule has 4 heteroatoms. The summed E-state index contributed by atoms with van der Waals surface area (Å²) in [7, 11) is 0. The van der Waals surface area contributed by atoms with Crippen LogP contribution in [0.15, 0.2) is 47.6 Å². The quantitative estimate of drug-likeness (QED) is 0.927. The van der Waals surface area contributed by atoms with Crippen LogP contribution in [0.2, 0.25) is 0 Å². The highest BCUT2D eigenvalue weighted by atomic mass is 32.2. The van der Waals surface area contributed by atoms with E-state index in [0.29, 0.717) is 11.5 Å². The maximum Gasteiger partial charge on any atom is 0.146 e. The molecule has 2 heterocycles. The fourth-order valence-corrected chi connectivity index (χ4v) is 4.08. The van der Waals surface area contributed by atoms with Crippen molar-refractivity contribution in [3.63, 3.8) is 0 Å². The molecule has 0 aliphatic carbocycles. The number of nitrogens with one attached hydrogen (secondary N) is 1. The van der Waals surface area contributed by atoms with Gasteiger partial charge in [0.1, 0.15) is 5.82 Å². The number of fused-ring (bicyclic) bond motifs is 1. The Balaban J connectivity index is 1.99. The third-order valence-electron chi connectivity index (χ3n) is 3.70. The highest BCUT2D eigenvalue weighted by Gasteiger charge is 2.32. The normalized spacial score (nSPS) is 18.8. The average Bonchev–Trinajstić information content (AvgIpc) is 2.90. The number of aromatic nitrogens is 1. The van der Waals surface area contributed by atoms with Gasteiger partial charge in [-0.15, -0.1) is 11.8 Å². The van der Waals surface area contributed by atoms with E-state index in [1.54, 1.807) is 12.3 Å². The minimum Gasteiger partial charge on any atom is -0.310 e. The van der Waals surface area contributed by atoms with Crippen molar-refractivity contribution in [2.75, 3.05) is 12.3 Å². The molecule has 1 aliphatic heterocycles. The van der Waals surface area contributed by atoms with Gasteiger partial charge in [-0.2, -0.15) is 0 Å². The van der Waals surface area contributed by atoms with E-state index in [4.69, 9.17) is 0 Å². The molecule has 2 atom stereocenters. The van der Waals surface area contributed by atoms with Crippen molar-refractivity contribution in [1.82, 2.24) is 10.3 Å². The Bertz CT molecular complexity index is 603. The minimum absolute atomic E-state index is 0.000787. The molecule has 2 aromatic rings. The Morgan fingerprint density at radius 3 is 3.05 bits per heavy atom. The van der Waals surface area contributed by atoms with Crippen molar-refractivity contribution in [2.45, 2.75) is 23.8 Å². The number of rotatable bonds is 4. The first-order valence-corrected chi connectivity index (χ1v) is 7.84. The van der Waals surface area contributed by atoms with Crippen LogP contribution in [0.5, 0.6) is 0 Å². The molecule has 0 fully saturated rings. The van der Waals surface area contributed by atoms with Crippen LogP contribution in [0.3, 0.4) is 0 Å². The van der Waals surface area contributed by atoms with Gasteiger partial charge >= 0.3 is 0 Å². The van der Waals surface area contributed by atoms with Crippen molar-refractivity contribution in [3.8, 4) is 0 Å². The van der Waals surface area contributed by atoms with Crippen LogP contribution in [0.4, 0.5) is 4.39 Å². The van der Waals surface area contributed by atoms with Gasteiger partial charge in [0.2, 0.25) is 0 Å². The van der Waals surface area contributed by atoms with Crippen LogP contribution in [-0.4, -0.2) is 17.3 Å². The molecule has 3 rings (SSSR count). The lowest BCUT2D eigenvalue weighted by Gasteiger charge is -2.25. The van der Waals surface area contributed by atoms with E-state index in [1.165, 1.54) is 16.7 Å². The molecular weight excluding hydrogens is 271 g/mol. The molecule has 1 aromatic heterocycles. The lowest BCUT2D eigenvalue weighted by molar-refractivity contribution is 0.459. The predicted octanol–water partition coefficient (Wildman–Crippen LogP) is 3.76. The molecule has 2 unspecified atom stereocenters. The van der Waals surface area contributed by atoms with Gasteiger partial charge in [0.05, 0.1) is 6.20 Å². The van der Waals surface area contributed by atoms with E-state index < -0.39 is 0 Å².